The molecule has 0 spiro atoms. The molecule has 0 atom stereocenters. The molecule has 0 amide bonds. The summed E-state index contributed by atoms with van der Waals surface area (Å²) in [5.41, 5.74) is -1.09. The van der Waals surface area contributed by atoms with Gasteiger partial charge in [0.05, 0.1) is 28.9 Å². The molecule has 134 valence electrons. The Balaban J connectivity index is 2.37. The summed E-state index contributed by atoms with van der Waals surface area (Å²) in [4.78, 5) is 15.8. The number of aromatic nitrogens is 1. The Morgan fingerprint density at radius 1 is 1.15 bits per heavy atom. The van der Waals surface area contributed by atoms with Gasteiger partial charge in [-0.05, 0) is 31.2 Å². The van der Waals surface area contributed by atoms with Crippen molar-refractivity contribution in [1.29, 1.82) is 0 Å². The van der Waals surface area contributed by atoms with Crippen molar-refractivity contribution in [2.75, 3.05) is 6.61 Å². The molecular weight excluding hydrogens is 347 g/mol. The second-order valence-electron chi connectivity index (χ2n) is 5.49. The van der Waals surface area contributed by atoms with Gasteiger partial charge in [-0.25, -0.2) is 9.78 Å². The van der Waals surface area contributed by atoms with Gasteiger partial charge in [0.25, 0.3) is 0 Å². The van der Waals surface area contributed by atoms with Gasteiger partial charge < -0.3 is 9.84 Å². The van der Waals surface area contributed by atoms with Gasteiger partial charge in [0.1, 0.15) is 5.75 Å². The predicted octanol–water partition coefficient (Wildman–Crippen LogP) is 5.02. The lowest BCUT2D eigenvalue weighted by Crippen LogP contribution is -2.09. The number of halogens is 3. The number of carboxylic acids is 1. The lowest BCUT2D eigenvalue weighted by atomic mass is 10.0. The Kier molecular flexibility index (Phi) is 4.54. The van der Waals surface area contributed by atoms with E-state index in [1.165, 1.54) is 18.2 Å². The molecule has 0 saturated heterocycles. The molecule has 1 N–H and O–H groups in total. The molecule has 0 aliphatic carbocycles. The van der Waals surface area contributed by atoms with E-state index in [1.807, 2.05) is 0 Å². The molecule has 3 aromatic rings. The highest BCUT2D eigenvalue weighted by Gasteiger charge is 2.34. The fraction of sp³-hybridized carbons (Fsp3) is 0.158. The van der Waals surface area contributed by atoms with Crippen LogP contribution < -0.4 is 4.74 Å². The molecule has 1 aromatic heterocycles. The van der Waals surface area contributed by atoms with Gasteiger partial charge in [-0.1, -0.05) is 24.3 Å². The Morgan fingerprint density at radius 2 is 1.88 bits per heavy atom. The maximum Gasteiger partial charge on any atom is 0.418 e. The third-order valence-electron chi connectivity index (χ3n) is 3.84. The molecule has 0 bridgehead atoms. The Bertz CT molecular complexity index is 983. The van der Waals surface area contributed by atoms with Crippen LogP contribution in [0, 0.1) is 0 Å². The summed E-state index contributed by atoms with van der Waals surface area (Å²) in [6.07, 6.45) is -4.65. The number of fused-ring (bicyclic) bond motifs is 1. The SMILES string of the molecule is CCOc1ccccc1-c1cc(C(=O)O)c2cccc(C(F)(F)F)c2n1. The summed E-state index contributed by atoms with van der Waals surface area (Å²) in [6, 6.07) is 11.3. The first-order valence-electron chi connectivity index (χ1n) is 7.79. The molecule has 3 rings (SSSR count). The normalized spacial score (nSPS) is 11.5. The summed E-state index contributed by atoms with van der Waals surface area (Å²) < 4.78 is 45.6. The molecule has 26 heavy (non-hydrogen) atoms. The topological polar surface area (TPSA) is 59.4 Å². The van der Waals surface area contributed by atoms with Crippen molar-refractivity contribution in [3.8, 4) is 17.0 Å². The zero-order valence-electron chi connectivity index (χ0n) is 13.7. The molecule has 0 saturated carbocycles. The van der Waals surface area contributed by atoms with Crippen LogP contribution in [-0.2, 0) is 6.18 Å². The van der Waals surface area contributed by atoms with Crippen molar-refractivity contribution in [2.24, 2.45) is 0 Å². The summed E-state index contributed by atoms with van der Waals surface area (Å²) in [6.45, 7) is 2.12. The van der Waals surface area contributed by atoms with Crippen LogP contribution in [0.1, 0.15) is 22.8 Å². The van der Waals surface area contributed by atoms with E-state index in [0.717, 1.165) is 6.07 Å². The molecule has 0 radical (unpaired) electrons. The Labute approximate surface area is 146 Å². The van der Waals surface area contributed by atoms with Gasteiger partial charge in [0.2, 0.25) is 0 Å². The first-order valence-corrected chi connectivity index (χ1v) is 7.79. The van der Waals surface area contributed by atoms with E-state index in [4.69, 9.17) is 4.74 Å². The zero-order chi connectivity index (χ0) is 18.9. The molecular formula is C19H14F3NO3. The van der Waals surface area contributed by atoms with E-state index in [2.05, 4.69) is 4.98 Å². The van der Waals surface area contributed by atoms with Gasteiger partial charge in [-0.15, -0.1) is 0 Å². The van der Waals surface area contributed by atoms with E-state index in [1.54, 1.807) is 31.2 Å². The third-order valence-corrected chi connectivity index (χ3v) is 3.84. The number of aromatic carboxylic acids is 1. The van der Waals surface area contributed by atoms with Crippen molar-refractivity contribution in [3.63, 3.8) is 0 Å². The lowest BCUT2D eigenvalue weighted by Gasteiger charge is -2.14. The Morgan fingerprint density at radius 3 is 2.54 bits per heavy atom. The van der Waals surface area contributed by atoms with Crippen LogP contribution in [0.25, 0.3) is 22.2 Å². The number of carbonyl (C=O) groups is 1. The smallest absolute Gasteiger partial charge is 0.418 e. The summed E-state index contributed by atoms with van der Waals surface area (Å²) in [7, 11) is 0. The van der Waals surface area contributed by atoms with Crippen molar-refractivity contribution in [1.82, 2.24) is 4.98 Å². The number of hydrogen-bond acceptors (Lipinski definition) is 3. The zero-order valence-corrected chi connectivity index (χ0v) is 13.7. The molecule has 2 aromatic carbocycles. The van der Waals surface area contributed by atoms with Crippen molar-refractivity contribution in [2.45, 2.75) is 13.1 Å². The van der Waals surface area contributed by atoms with E-state index in [9.17, 15) is 23.1 Å². The minimum atomic E-state index is -4.65. The van der Waals surface area contributed by atoms with Gasteiger partial charge in [-0.2, -0.15) is 13.2 Å². The first-order chi connectivity index (χ1) is 12.3. The van der Waals surface area contributed by atoms with E-state index < -0.39 is 23.2 Å². The van der Waals surface area contributed by atoms with E-state index in [-0.39, 0.29) is 16.6 Å². The standard InChI is InChI=1S/C19H14F3NO3/c1-2-26-16-9-4-3-6-12(16)15-10-13(18(24)25)11-7-5-8-14(17(11)23-15)19(20,21)22/h3-10H,2H2,1H3,(H,24,25). The van der Waals surface area contributed by atoms with E-state index >= 15 is 0 Å². The quantitative estimate of drug-likeness (QED) is 0.709. The number of nitrogens with zero attached hydrogens (tertiary/aromatic N) is 1. The minimum Gasteiger partial charge on any atom is -0.493 e. The summed E-state index contributed by atoms with van der Waals surface area (Å²) >= 11 is 0. The van der Waals surface area contributed by atoms with Crippen LogP contribution >= 0.6 is 0 Å². The molecule has 7 heteroatoms. The number of carboxylic acid groups (broad SMARTS) is 1. The predicted molar refractivity (Wildman–Crippen MR) is 90.3 cm³/mol. The third kappa shape index (κ3) is 3.20. The van der Waals surface area contributed by atoms with E-state index in [0.29, 0.717) is 17.9 Å². The Hall–Kier alpha value is -3.09. The van der Waals surface area contributed by atoms with Gasteiger partial charge in [0, 0.05) is 10.9 Å². The number of hydrogen-bond donors (Lipinski definition) is 1. The lowest BCUT2D eigenvalue weighted by molar-refractivity contribution is -0.136. The fourth-order valence-electron chi connectivity index (χ4n) is 2.75. The number of para-hydroxylation sites is 2. The number of pyridine rings is 1. The average molecular weight is 361 g/mol. The maximum atomic E-state index is 13.4. The molecule has 1 heterocycles. The monoisotopic (exact) mass is 361 g/mol. The molecule has 0 aliphatic rings. The average Bonchev–Trinajstić information content (AvgIpc) is 2.60. The maximum absolute atomic E-state index is 13.4. The first kappa shape index (κ1) is 17.7. The van der Waals surface area contributed by atoms with Gasteiger partial charge in [-0.3, -0.25) is 0 Å². The molecule has 0 fully saturated rings. The highest BCUT2D eigenvalue weighted by Crippen LogP contribution is 2.37. The van der Waals surface area contributed by atoms with Crippen LogP contribution in [0.5, 0.6) is 5.75 Å². The molecule has 0 unspecified atom stereocenters. The number of ether oxygens (including phenoxy) is 1. The molecule has 4 nitrogen and oxygen atoms in total. The number of alkyl halides is 3. The highest BCUT2D eigenvalue weighted by atomic mass is 19.4. The number of benzene rings is 2. The van der Waals surface area contributed by atoms with Crippen molar-refractivity contribution >= 4 is 16.9 Å². The van der Waals surface area contributed by atoms with Crippen LogP contribution in [0.3, 0.4) is 0 Å². The summed E-state index contributed by atoms with van der Waals surface area (Å²) in [5, 5.41) is 9.42. The highest BCUT2D eigenvalue weighted by molar-refractivity contribution is 6.04. The number of rotatable bonds is 4. The molecule has 0 aliphatic heterocycles. The van der Waals surface area contributed by atoms with Crippen LogP contribution in [-0.4, -0.2) is 22.7 Å². The van der Waals surface area contributed by atoms with Gasteiger partial charge in [0.15, 0.2) is 0 Å². The van der Waals surface area contributed by atoms with Crippen molar-refractivity contribution in [3.05, 3.63) is 59.7 Å². The van der Waals surface area contributed by atoms with Gasteiger partial charge >= 0.3 is 12.1 Å². The fourth-order valence-corrected chi connectivity index (χ4v) is 2.75. The minimum absolute atomic E-state index is 0.0648. The largest absolute Gasteiger partial charge is 0.493 e. The van der Waals surface area contributed by atoms with Crippen LogP contribution in [0.2, 0.25) is 0 Å². The second-order valence-corrected chi connectivity index (χ2v) is 5.49. The van der Waals surface area contributed by atoms with Crippen molar-refractivity contribution < 1.29 is 27.8 Å². The second kappa shape index (κ2) is 6.67. The van der Waals surface area contributed by atoms with Crippen LogP contribution in [0.4, 0.5) is 13.2 Å². The summed E-state index contributed by atoms with van der Waals surface area (Å²) in [5.74, 6) is -0.908. The van der Waals surface area contributed by atoms with Crippen LogP contribution in [0.15, 0.2) is 48.5 Å².